The summed E-state index contributed by atoms with van der Waals surface area (Å²) in [4.78, 5) is 16.3. The van der Waals surface area contributed by atoms with Gasteiger partial charge in [-0.15, -0.1) is 0 Å². The van der Waals surface area contributed by atoms with E-state index in [1.54, 1.807) is 0 Å². The lowest BCUT2D eigenvalue weighted by Gasteiger charge is -2.17. The number of rotatable bonds is 10. The minimum absolute atomic E-state index is 0.657. The molecule has 0 saturated carbocycles. The quantitative estimate of drug-likeness (QED) is 0.358. The number of unbranched alkanes of at least 4 members (excludes halogenated alkanes) is 5. The number of carbonyl (C=O) groups excluding carboxylic acids is 1. The predicted molar refractivity (Wildman–Crippen MR) is 73.2 cm³/mol. The molecule has 3 heteroatoms. The zero-order chi connectivity index (χ0) is 13.1. The molecule has 0 heterocycles. The topological polar surface area (TPSA) is 29.5 Å². The van der Waals surface area contributed by atoms with Gasteiger partial charge in [0.15, 0.2) is 5.75 Å². The van der Waals surface area contributed by atoms with E-state index >= 15 is 0 Å². The van der Waals surface area contributed by atoms with Crippen LogP contribution in [0.4, 0.5) is 0 Å². The maximum atomic E-state index is 10.9. The van der Waals surface area contributed by atoms with Crippen molar-refractivity contribution in [1.82, 2.24) is 5.06 Å². The third kappa shape index (κ3) is 6.28. The summed E-state index contributed by atoms with van der Waals surface area (Å²) in [6.07, 6.45) is 8.00. The highest BCUT2D eigenvalue weighted by Gasteiger charge is 2.03. The van der Waals surface area contributed by atoms with Crippen LogP contribution in [0.1, 0.15) is 45.4 Å². The van der Waals surface area contributed by atoms with E-state index in [0.717, 1.165) is 19.3 Å². The average molecular weight is 249 g/mol. The molecule has 0 atom stereocenters. The van der Waals surface area contributed by atoms with Crippen molar-refractivity contribution in [3.05, 3.63) is 30.3 Å². The first-order valence-corrected chi connectivity index (χ1v) is 6.81. The number of hydroxylamine groups is 2. The Morgan fingerprint density at radius 1 is 1.06 bits per heavy atom. The molecule has 0 unspecified atom stereocenters. The minimum Gasteiger partial charge on any atom is -0.377 e. The van der Waals surface area contributed by atoms with Crippen LogP contribution >= 0.6 is 0 Å². The molecule has 0 N–H and O–H groups in total. The van der Waals surface area contributed by atoms with Crippen LogP contribution in [-0.2, 0) is 4.79 Å². The van der Waals surface area contributed by atoms with Gasteiger partial charge in [-0.25, -0.2) is 0 Å². The molecule has 1 aromatic carbocycles. The first kappa shape index (κ1) is 14.6. The van der Waals surface area contributed by atoms with Crippen LogP contribution in [0.5, 0.6) is 5.75 Å². The SMILES string of the molecule is CCCCCCCCN(C=O)Oc1ccccc1. The Hall–Kier alpha value is -1.51. The van der Waals surface area contributed by atoms with E-state index in [9.17, 15) is 4.79 Å². The molecule has 0 aliphatic carbocycles. The van der Waals surface area contributed by atoms with Crippen molar-refractivity contribution in [3.63, 3.8) is 0 Å². The molecule has 0 aromatic heterocycles. The van der Waals surface area contributed by atoms with Crippen LogP contribution in [0, 0.1) is 0 Å². The fourth-order valence-corrected chi connectivity index (χ4v) is 1.78. The molecule has 0 aliphatic heterocycles. The number of nitrogens with zero attached hydrogens (tertiary/aromatic N) is 1. The van der Waals surface area contributed by atoms with Gasteiger partial charge in [0.25, 0.3) is 0 Å². The van der Waals surface area contributed by atoms with E-state index in [4.69, 9.17) is 4.84 Å². The van der Waals surface area contributed by atoms with Gasteiger partial charge in [0.05, 0.1) is 6.54 Å². The maximum absolute atomic E-state index is 10.9. The monoisotopic (exact) mass is 249 g/mol. The van der Waals surface area contributed by atoms with Crippen LogP contribution in [-0.4, -0.2) is 18.0 Å². The lowest BCUT2D eigenvalue weighted by atomic mass is 10.1. The molecule has 1 amide bonds. The molecule has 0 saturated heterocycles. The van der Waals surface area contributed by atoms with E-state index in [0.29, 0.717) is 12.3 Å². The Morgan fingerprint density at radius 3 is 2.39 bits per heavy atom. The van der Waals surface area contributed by atoms with Crippen LogP contribution in [0.2, 0.25) is 0 Å². The van der Waals surface area contributed by atoms with Crippen LogP contribution in [0.15, 0.2) is 30.3 Å². The molecule has 1 aromatic rings. The fourth-order valence-electron chi connectivity index (χ4n) is 1.78. The highest BCUT2D eigenvalue weighted by Crippen LogP contribution is 2.11. The third-order valence-corrected chi connectivity index (χ3v) is 2.82. The van der Waals surface area contributed by atoms with E-state index < -0.39 is 0 Å². The maximum Gasteiger partial charge on any atom is 0.242 e. The summed E-state index contributed by atoms with van der Waals surface area (Å²) in [6, 6.07) is 9.40. The normalized spacial score (nSPS) is 10.1. The minimum atomic E-state index is 0.657. The summed E-state index contributed by atoms with van der Waals surface area (Å²) in [5.41, 5.74) is 0. The van der Waals surface area contributed by atoms with Gasteiger partial charge < -0.3 is 4.84 Å². The van der Waals surface area contributed by atoms with Gasteiger partial charge in [-0.1, -0.05) is 57.2 Å². The van der Waals surface area contributed by atoms with Crippen LogP contribution in [0.3, 0.4) is 0 Å². The van der Waals surface area contributed by atoms with E-state index in [1.165, 1.54) is 30.7 Å². The van der Waals surface area contributed by atoms with E-state index in [-0.39, 0.29) is 0 Å². The van der Waals surface area contributed by atoms with Gasteiger partial charge in [0.1, 0.15) is 0 Å². The lowest BCUT2D eigenvalue weighted by Crippen LogP contribution is -2.26. The largest absolute Gasteiger partial charge is 0.377 e. The molecule has 100 valence electrons. The molecular formula is C15H23NO2. The van der Waals surface area contributed by atoms with Gasteiger partial charge in [-0.3, -0.25) is 4.79 Å². The van der Waals surface area contributed by atoms with E-state index in [2.05, 4.69) is 6.92 Å². The molecule has 1 rings (SSSR count). The van der Waals surface area contributed by atoms with Crippen molar-refractivity contribution < 1.29 is 9.63 Å². The highest BCUT2D eigenvalue weighted by molar-refractivity contribution is 5.45. The number of amides is 1. The number of benzene rings is 1. The number of para-hydroxylation sites is 1. The molecule has 0 fully saturated rings. The third-order valence-electron chi connectivity index (χ3n) is 2.82. The second-order valence-electron chi connectivity index (χ2n) is 4.42. The van der Waals surface area contributed by atoms with Gasteiger partial charge >= 0.3 is 0 Å². The summed E-state index contributed by atoms with van der Waals surface area (Å²) < 4.78 is 0. The average Bonchev–Trinajstić information content (AvgIpc) is 2.42. The van der Waals surface area contributed by atoms with Crippen molar-refractivity contribution in [2.75, 3.05) is 6.54 Å². The smallest absolute Gasteiger partial charge is 0.242 e. The first-order chi connectivity index (χ1) is 8.86. The molecule has 0 radical (unpaired) electrons. The zero-order valence-corrected chi connectivity index (χ0v) is 11.2. The Bertz CT molecular complexity index is 314. The molecule has 0 bridgehead atoms. The van der Waals surface area contributed by atoms with Crippen molar-refractivity contribution in [2.24, 2.45) is 0 Å². The van der Waals surface area contributed by atoms with Crippen LogP contribution in [0.25, 0.3) is 0 Å². The second-order valence-corrected chi connectivity index (χ2v) is 4.42. The molecule has 0 spiro atoms. The fraction of sp³-hybridized carbons (Fsp3) is 0.533. The Balaban J connectivity index is 2.16. The molecular weight excluding hydrogens is 226 g/mol. The van der Waals surface area contributed by atoms with Crippen LogP contribution < -0.4 is 4.84 Å². The predicted octanol–water partition coefficient (Wildman–Crippen LogP) is 3.80. The van der Waals surface area contributed by atoms with Gasteiger partial charge in [-0.2, -0.15) is 5.06 Å². The van der Waals surface area contributed by atoms with Crippen molar-refractivity contribution >= 4 is 6.41 Å². The number of carbonyl (C=O) groups is 1. The highest BCUT2D eigenvalue weighted by atomic mass is 16.7. The number of hydrogen-bond donors (Lipinski definition) is 0. The standard InChI is InChI=1S/C15H23NO2/c1-2-3-4-5-6-10-13-16(14-17)18-15-11-8-7-9-12-15/h7-9,11-12,14H,2-6,10,13H2,1H3. The number of hydrogen-bond acceptors (Lipinski definition) is 2. The van der Waals surface area contributed by atoms with Gasteiger partial charge in [0.2, 0.25) is 6.41 Å². The van der Waals surface area contributed by atoms with Gasteiger partial charge in [-0.05, 0) is 18.6 Å². The van der Waals surface area contributed by atoms with E-state index in [1.807, 2.05) is 30.3 Å². The lowest BCUT2D eigenvalue weighted by molar-refractivity contribution is -0.142. The summed E-state index contributed by atoms with van der Waals surface area (Å²) >= 11 is 0. The van der Waals surface area contributed by atoms with Crippen molar-refractivity contribution in [1.29, 1.82) is 0 Å². The zero-order valence-electron chi connectivity index (χ0n) is 11.2. The molecule has 18 heavy (non-hydrogen) atoms. The first-order valence-electron chi connectivity index (χ1n) is 6.81. The Kier molecular flexibility index (Phi) is 7.69. The second kappa shape index (κ2) is 9.51. The Labute approximate surface area is 110 Å². The summed E-state index contributed by atoms with van der Waals surface area (Å²) in [5, 5.41) is 1.37. The summed E-state index contributed by atoms with van der Waals surface area (Å²) in [7, 11) is 0. The Morgan fingerprint density at radius 2 is 1.72 bits per heavy atom. The van der Waals surface area contributed by atoms with Crippen molar-refractivity contribution in [2.45, 2.75) is 45.4 Å². The van der Waals surface area contributed by atoms with Crippen molar-refractivity contribution in [3.8, 4) is 5.75 Å². The van der Waals surface area contributed by atoms with Gasteiger partial charge in [0, 0.05) is 0 Å². The molecule has 0 aliphatic rings. The molecule has 3 nitrogen and oxygen atoms in total. The summed E-state index contributed by atoms with van der Waals surface area (Å²) in [6.45, 7) is 2.87. The summed E-state index contributed by atoms with van der Waals surface area (Å²) in [5.74, 6) is 0.704.